The first-order valence-electron chi connectivity index (χ1n) is 8.01. The monoisotopic (exact) mass is 362 g/mol. The Morgan fingerprint density at radius 3 is 1.81 bits per heavy atom. The lowest BCUT2D eigenvalue weighted by atomic mass is 9.91. The van der Waals surface area contributed by atoms with Crippen LogP contribution in [0.4, 0.5) is 11.4 Å². The zero-order chi connectivity index (χ0) is 19.7. The summed E-state index contributed by atoms with van der Waals surface area (Å²) in [7, 11) is 0. The Morgan fingerprint density at radius 2 is 1.26 bits per heavy atom. The number of carbonyl (C=O) groups is 2. The molecular formula is C20H18N4O3. The Bertz CT molecular complexity index is 1080. The minimum absolute atomic E-state index is 0.103. The zero-order valence-corrected chi connectivity index (χ0v) is 14.3. The third-order valence-corrected chi connectivity index (χ3v) is 4.28. The van der Waals surface area contributed by atoms with Gasteiger partial charge in [-0.3, -0.25) is 9.59 Å². The van der Waals surface area contributed by atoms with E-state index in [0.29, 0.717) is 22.4 Å². The molecule has 0 aliphatic rings. The van der Waals surface area contributed by atoms with E-state index in [9.17, 15) is 14.7 Å². The molecule has 9 N–H and O–H groups in total. The Kier molecular flexibility index (Phi) is 4.43. The van der Waals surface area contributed by atoms with E-state index in [-0.39, 0.29) is 28.1 Å². The Hall–Kier alpha value is -4.00. The molecule has 3 aromatic carbocycles. The number of nitrogens with two attached hydrogens (primary N) is 4. The molecule has 136 valence electrons. The van der Waals surface area contributed by atoms with E-state index in [2.05, 4.69) is 0 Å². The molecule has 0 aliphatic heterocycles. The zero-order valence-electron chi connectivity index (χ0n) is 14.3. The van der Waals surface area contributed by atoms with Crippen LogP contribution in [0.3, 0.4) is 0 Å². The van der Waals surface area contributed by atoms with Crippen LogP contribution in [-0.4, -0.2) is 16.9 Å². The average Bonchev–Trinajstić information content (AvgIpc) is 2.62. The summed E-state index contributed by atoms with van der Waals surface area (Å²) in [4.78, 5) is 23.6. The van der Waals surface area contributed by atoms with Gasteiger partial charge in [-0.25, -0.2) is 0 Å². The minimum Gasteiger partial charge on any atom is -0.507 e. The molecule has 0 spiro atoms. The van der Waals surface area contributed by atoms with Crippen molar-refractivity contribution in [3.05, 3.63) is 65.7 Å². The number of benzene rings is 3. The molecule has 0 saturated heterocycles. The van der Waals surface area contributed by atoms with Crippen LogP contribution in [0.25, 0.3) is 22.3 Å². The van der Waals surface area contributed by atoms with Crippen LogP contribution >= 0.6 is 0 Å². The molecule has 3 aromatic rings. The average molecular weight is 362 g/mol. The summed E-state index contributed by atoms with van der Waals surface area (Å²) in [5.74, 6) is -1.42. The van der Waals surface area contributed by atoms with Crippen LogP contribution in [0.1, 0.15) is 20.7 Å². The molecule has 0 unspecified atom stereocenters. The van der Waals surface area contributed by atoms with Gasteiger partial charge in [0.2, 0.25) is 11.8 Å². The number of primary amides is 2. The van der Waals surface area contributed by atoms with Crippen molar-refractivity contribution in [1.29, 1.82) is 0 Å². The Labute approximate surface area is 155 Å². The van der Waals surface area contributed by atoms with E-state index in [1.807, 2.05) is 0 Å². The van der Waals surface area contributed by atoms with E-state index >= 15 is 0 Å². The largest absolute Gasteiger partial charge is 0.507 e. The van der Waals surface area contributed by atoms with Crippen molar-refractivity contribution >= 4 is 23.2 Å². The number of amides is 2. The molecule has 0 radical (unpaired) electrons. The summed E-state index contributed by atoms with van der Waals surface area (Å²) in [5.41, 5.74) is 25.6. The number of hydrogen-bond acceptors (Lipinski definition) is 5. The second-order valence-electron chi connectivity index (χ2n) is 6.00. The Morgan fingerprint density at radius 1 is 0.741 bits per heavy atom. The van der Waals surface area contributed by atoms with Gasteiger partial charge < -0.3 is 28.0 Å². The predicted octanol–water partition coefficient (Wildman–Crippen LogP) is 2.09. The van der Waals surface area contributed by atoms with E-state index < -0.39 is 11.8 Å². The highest BCUT2D eigenvalue weighted by atomic mass is 16.3. The number of phenols is 1. The first-order valence-corrected chi connectivity index (χ1v) is 8.01. The van der Waals surface area contributed by atoms with Crippen LogP contribution in [0, 0.1) is 0 Å². The van der Waals surface area contributed by atoms with Crippen LogP contribution in [0.15, 0.2) is 54.6 Å². The van der Waals surface area contributed by atoms with Crippen molar-refractivity contribution in [2.75, 3.05) is 11.5 Å². The van der Waals surface area contributed by atoms with Gasteiger partial charge in [-0.15, -0.1) is 0 Å². The SMILES string of the molecule is NC(=O)c1cccc(N)c1-c1ccc(O)c(-c2c(N)cccc2C(N)=O)c1. The molecule has 27 heavy (non-hydrogen) atoms. The highest BCUT2D eigenvalue weighted by molar-refractivity contribution is 6.06. The first kappa shape index (κ1) is 17.8. The van der Waals surface area contributed by atoms with Gasteiger partial charge in [-0.2, -0.15) is 0 Å². The smallest absolute Gasteiger partial charge is 0.249 e. The molecule has 7 nitrogen and oxygen atoms in total. The van der Waals surface area contributed by atoms with Crippen LogP contribution in [0.2, 0.25) is 0 Å². The van der Waals surface area contributed by atoms with E-state index in [1.165, 1.54) is 12.1 Å². The van der Waals surface area contributed by atoms with Gasteiger partial charge >= 0.3 is 0 Å². The van der Waals surface area contributed by atoms with Crippen molar-refractivity contribution in [2.45, 2.75) is 0 Å². The molecule has 0 aliphatic carbocycles. The molecule has 0 bridgehead atoms. The molecule has 3 rings (SSSR count). The highest BCUT2D eigenvalue weighted by Crippen LogP contribution is 2.40. The van der Waals surface area contributed by atoms with Crippen molar-refractivity contribution in [3.8, 4) is 28.0 Å². The second-order valence-corrected chi connectivity index (χ2v) is 6.00. The van der Waals surface area contributed by atoms with Gasteiger partial charge in [-0.1, -0.05) is 18.2 Å². The number of nitrogen functional groups attached to an aromatic ring is 2. The third kappa shape index (κ3) is 3.13. The van der Waals surface area contributed by atoms with Crippen molar-refractivity contribution < 1.29 is 14.7 Å². The van der Waals surface area contributed by atoms with Gasteiger partial charge in [0.15, 0.2) is 0 Å². The summed E-state index contributed by atoms with van der Waals surface area (Å²) in [5, 5.41) is 10.4. The van der Waals surface area contributed by atoms with Crippen molar-refractivity contribution in [1.82, 2.24) is 0 Å². The van der Waals surface area contributed by atoms with E-state index in [0.717, 1.165) is 0 Å². The van der Waals surface area contributed by atoms with Gasteiger partial charge in [0, 0.05) is 39.2 Å². The van der Waals surface area contributed by atoms with E-state index in [1.54, 1.807) is 42.5 Å². The number of carbonyl (C=O) groups excluding carboxylic acids is 2. The number of aromatic hydroxyl groups is 1. The quantitative estimate of drug-likeness (QED) is 0.449. The standard InChI is InChI=1S/C20H18N4O3/c21-14-5-1-3-11(19(23)26)17(14)10-7-8-16(25)13(9-10)18-12(20(24)27)4-2-6-15(18)22/h1-9,25H,21-22H2,(H2,23,26)(H2,24,27). The summed E-state index contributed by atoms with van der Waals surface area (Å²) in [6.07, 6.45) is 0. The molecular weight excluding hydrogens is 344 g/mol. The fourth-order valence-electron chi connectivity index (χ4n) is 3.07. The topological polar surface area (TPSA) is 158 Å². The third-order valence-electron chi connectivity index (χ3n) is 4.28. The summed E-state index contributed by atoms with van der Waals surface area (Å²) >= 11 is 0. The molecule has 0 aromatic heterocycles. The summed E-state index contributed by atoms with van der Waals surface area (Å²) < 4.78 is 0. The molecule has 0 saturated carbocycles. The number of hydrogen-bond donors (Lipinski definition) is 5. The maximum atomic E-state index is 11.8. The molecule has 0 atom stereocenters. The molecule has 0 fully saturated rings. The van der Waals surface area contributed by atoms with Gasteiger partial charge in [0.1, 0.15) is 5.75 Å². The molecule has 7 heteroatoms. The number of rotatable bonds is 4. The van der Waals surface area contributed by atoms with Gasteiger partial charge in [0.05, 0.1) is 0 Å². The first-order chi connectivity index (χ1) is 12.8. The Balaban J connectivity index is 2.31. The van der Waals surface area contributed by atoms with Gasteiger partial charge in [-0.05, 0) is 42.0 Å². The van der Waals surface area contributed by atoms with Crippen molar-refractivity contribution in [2.24, 2.45) is 11.5 Å². The lowest BCUT2D eigenvalue weighted by Gasteiger charge is -2.15. The normalized spacial score (nSPS) is 10.5. The molecule has 0 heterocycles. The maximum Gasteiger partial charge on any atom is 0.249 e. The van der Waals surface area contributed by atoms with Crippen LogP contribution < -0.4 is 22.9 Å². The summed E-state index contributed by atoms with van der Waals surface area (Å²) in [6.45, 7) is 0. The second kappa shape index (κ2) is 6.72. The fourth-order valence-corrected chi connectivity index (χ4v) is 3.07. The van der Waals surface area contributed by atoms with Gasteiger partial charge in [0.25, 0.3) is 0 Å². The minimum atomic E-state index is -0.681. The highest BCUT2D eigenvalue weighted by Gasteiger charge is 2.19. The fraction of sp³-hybridized carbons (Fsp3) is 0. The van der Waals surface area contributed by atoms with E-state index in [4.69, 9.17) is 22.9 Å². The molecule has 2 amide bonds. The number of phenolic OH excluding ortho intramolecular Hbond substituents is 1. The lowest BCUT2D eigenvalue weighted by Crippen LogP contribution is -2.14. The lowest BCUT2D eigenvalue weighted by molar-refractivity contribution is 0.0992. The number of anilines is 2. The predicted molar refractivity (Wildman–Crippen MR) is 105 cm³/mol. The maximum absolute atomic E-state index is 11.8. The van der Waals surface area contributed by atoms with Crippen LogP contribution in [-0.2, 0) is 0 Å². The van der Waals surface area contributed by atoms with Crippen molar-refractivity contribution in [3.63, 3.8) is 0 Å². The summed E-state index contributed by atoms with van der Waals surface area (Å²) in [6, 6.07) is 14.2. The van der Waals surface area contributed by atoms with Crippen LogP contribution in [0.5, 0.6) is 5.75 Å².